The number of nitrogens with zero attached hydrogens (tertiary/aromatic N) is 1. The number of carbonyl (C=O) groups excluding carboxylic acids is 1. The third-order valence-corrected chi connectivity index (χ3v) is 3.77. The number of fused-ring (bicyclic) bond motifs is 2. The number of ether oxygens (including phenoxy) is 1. The van der Waals surface area contributed by atoms with Crippen molar-refractivity contribution in [1.82, 2.24) is 4.90 Å². The predicted molar refractivity (Wildman–Crippen MR) is 65.0 cm³/mol. The van der Waals surface area contributed by atoms with E-state index in [4.69, 9.17) is 4.74 Å². The van der Waals surface area contributed by atoms with Gasteiger partial charge in [-0.25, -0.2) is 0 Å². The molecular formula is C14H17NO2. The average Bonchev–Trinajstić information content (AvgIpc) is 2.59. The average molecular weight is 231 g/mol. The van der Waals surface area contributed by atoms with Gasteiger partial charge in [-0.3, -0.25) is 4.79 Å². The van der Waals surface area contributed by atoms with Crippen molar-refractivity contribution in [2.75, 3.05) is 13.2 Å². The van der Waals surface area contributed by atoms with E-state index in [0.717, 1.165) is 18.4 Å². The molecule has 0 aromatic heterocycles. The molecule has 0 aliphatic carbocycles. The van der Waals surface area contributed by atoms with Crippen LogP contribution in [0.15, 0.2) is 24.3 Å². The fourth-order valence-corrected chi connectivity index (χ4v) is 2.81. The van der Waals surface area contributed by atoms with Gasteiger partial charge in [-0.1, -0.05) is 17.7 Å². The van der Waals surface area contributed by atoms with E-state index in [1.165, 1.54) is 5.56 Å². The lowest BCUT2D eigenvalue weighted by atomic mass is 10.1. The largest absolute Gasteiger partial charge is 0.377 e. The van der Waals surface area contributed by atoms with Crippen molar-refractivity contribution in [3.8, 4) is 0 Å². The monoisotopic (exact) mass is 231 g/mol. The van der Waals surface area contributed by atoms with Crippen LogP contribution < -0.4 is 0 Å². The molecule has 0 N–H and O–H groups in total. The van der Waals surface area contributed by atoms with Crippen molar-refractivity contribution < 1.29 is 9.53 Å². The predicted octanol–water partition coefficient (Wildman–Crippen LogP) is 2.00. The van der Waals surface area contributed by atoms with Crippen LogP contribution in [0.4, 0.5) is 0 Å². The molecule has 0 spiro atoms. The van der Waals surface area contributed by atoms with Crippen LogP contribution in [0.3, 0.4) is 0 Å². The second-order valence-electron chi connectivity index (χ2n) is 5.00. The van der Waals surface area contributed by atoms with Crippen molar-refractivity contribution in [1.29, 1.82) is 0 Å². The molecule has 3 nitrogen and oxygen atoms in total. The van der Waals surface area contributed by atoms with Crippen molar-refractivity contribution in [3.63, 3.8) is 0 Å². The summed E-state index contributed by atoms with van der Waals surface area (Å²) in [5, 5.41) is 0. The second kappa shape index (κ2) is 4.15. The fourth-order valence-electron chi connectivity index (χ4n) is 2.81. The lowest BCUT2D eigenvalue weighted by Crippen LogP contribution is -2.49. The van der Waals surface area contributed by atoms with Crippen LogP contribution >= 0.6 is 0 Å². The number of morpholine rings is 1. The Hall–Kier alpha value is -1.35. The lowest BCUT2D eigenvalue weighted by Gasteiger charge is -2.34. The zero-order chi connectivity index (χ0) is 11.8. The van der Waals surface area contributed by atoms with Gasteiger partial charge in [0.25, 0.3) is 5.91 Å². The number of carbonyl (C=O) groups is 1. The molecule has 2 heterocycles. The Morgan fingerprint density at radius 3 is 2.35 bits per heavy atom. The quantitative estimate of drug-likeness (QED) is 0.740. The number of hydrogen-bond acceptors (Lipinski definition) is 2. The normalized spacial score (nSPS) is 27.2. The Bertz CT molecular complexity index is 410. The molecule has 2 saturated heterocycles. The van der Waals surface area contributed by atoms with Gasteiger partial charge in [-0.05, 0) is 31.9 Å². The molecular weight excluding hydrogens is 214 g/mol. The zero-order valence-electron chi connectivity index (χ0n) is 10.1. The molecule has 2 aliphatic heterocycles. The van der Waals surface area contributed by atoms with Gasteiger partial charge in [0, 0.05) is 5.56 Å². The molecule has 17 heavy (non-hydrogen) atoms. The molecule has 2 aliphatic rings. The lowest BCUT2D eigenvalue weighted by molar-refractivity contribution is -0.00715. The fraction of sp³-hybridized carbons (Fsp3) is 0.500. The van der Waals surface area contributed by atoms with E-state index in [-0.39, 0.29) is 5.91 Å². The van der Waals surface area contributed by atoms with Crippen LogP contribution in [-0.4, -0.2) is 36.1 Å². The highest BCUT2D eigenvalue weighted by atomic mass is 16.5. The number of hydrogen-bond donors (Lipinski definition) is 0. The van der Waals surface area contributed by atoms with Gasteiger partial charge in [0.15, 0.2) is 0 Å². The van der Waals surface area contributed by atoms with Gasteiger partial charge >= 0.3 is 0 Å². The molecule has 2 fully saturated rings. The second-order valence-corrected chi connectivity index (χ2v) is 5.00. The van der Waals surface area contributed by atoms with E-state index < -0.39 is 0 Å². The maximum Gasteiger partial charge on any atom is 0.254 e. The molecule has 0 radical (unpaired) electrons. The molecule has 0 saturated carbocycles. The molecule has 2 atom stereocenters. The summed E-state index contributed by atoms with van der Waals surface area (Å²) in [5.74, 6) is 0.167. The minimum absolute atomic E-state index is 0.167. The minimum atomic E-state index is 0.167. The van der Waals surface area contributed by atoms with Gasteiger partial charge in [-0.15, -0.1) is 0 Å². The summed E-state index contributed by atoms with van der Waals surface area (Å²) in [6, 6.07) is 8.43. The summed E-state index contributed by atoms with van der Waals surface area (Å²) in [6.45, 7) is 3.44. The summed E-state index contributed by atoms with van der Waals surface area (Å²) < 4.78 is 5.50. The molecule has 1 aromatic rings. The highest BCUT2D eigenvalue weighted by Gasteiger charge is 2.40. The minimum Gasteiger partial charge on any atom is -0.377 e. The Morgan fingerprint density at radius 1 is 1.18 bits per heavy atom. The molecule has 3 rings (SSSR count). The van der Waals surface area contributed by atoms with Crippen molar-refractivity contribution in [2.45, 2.75) is 31.8 Å². The van der Waals surface area contributed by atoms with Crippen molar-refractivity contribution >= 4 is 5.91 Å². The van der Waals surface area contributed by atoms with Crippen LogP contribution in [0.5, 0.6) is 0 Å². The Labute approximate surface area is 101 Å². The third kappa shape index (κ3) is 1.84. The number of rotatable bonds is 1. The smallest absolute Gasteiger partial charge is 0.254 e. The van der Waals surface area contributed by atoms with E-state index in [2.05, 4.69) is 0 Å². The molecule has 3 heteroatoms. The van der Waals surface area contributed by atoms with Crippen LogP contribution in [-0.2, 0) is 4.74 Å². The van der Waals surface area contributed by atoms with Crippen LogP contribution in [0.2, 0.25) is 0 Å². The summed E-state index contributed by atoms with van der Waals surface area (Å²) in [5.41, 5.74) is 1.99. The van der Waals surface area contributed by atoms with Gasteiger partial charge in [-0.2, -0.15) is 0 Å². The highest BCUT2D eigenvalue weighted by Crippen LogP contribution is 2.30. The Balaban J connectivity index is 1.84. The van der Waals surface area contributed by atoms with Crippen LogP contribution in [0, 0.1) is 6.92 Å². The highest BCUT2D eigenvalue weighted by molar-refractivity contribution is 5.95. The summed E-state index contributed by atoms with van der Waals surface area (Å²) in [7, 11) is 0. The van der Waals surface area contributed by atoms with Gasteiger partial charge < -0.3 is 9.64 Å². The molecule has 90 valence electrons. The summed E-state index contributed by atoms with van der Waals surface area (Å²) in [6.07, 6.45) is 2.17. The summed E-state index contributed by atoms with van der Waals surface area (Å²) in [4.78, 5) is 14.5. The summed E-state index contributed by atoms with van der Waals surface area (Å²) >= 11 is 0. The van der Waals surface area contributed by atoms with Gasteiger partial charge in [0.2, 0.25) is 0 Å². The first kappa shape index (κ1) is 10.8. The first-order valence-electron chi connectivity index (χ1n) is 6.23. The van der Waals surface area contributed by atoms with Gasteiger partial charge in [0.1, 0.15) is 0 Å². The molecule has 2 unspecified atom stereocenters. The molecule has 1 amide bonds. The van der Waals surface area contributed by atoms with E-state index in [0.29, 0.717) is 25.3 Å². The maximum absolute atomic E-state index is 12.4. The van der Waals surface area contributed by atoms with Crippen molar-refractivity contribution in [3.05, 3.63) is 35.4 Å². The Kier molecular flexibility index (Phi) is 2.63. The Morgan fingerprint density at radius 2 is 1.76 bits per heavy atom. The van der Waals surface area contributed by atoms with Crippen molar-refractivity contribution in [2.24, 2.45) is 0 Å². The maximum atomic E-state index is 12.4. The van der Waals surface area contributed by atoms with E-state index in [1.807, 2.05) is 36.1 Å². The number of aryl methyl sites for hydroxylation is 1. The molecule has 2 bridgehead atoms. The number of amides is 1. The SMILES string of the molecule is Cc1ccc(C(=O)N2C3CCC2COC3)cc1. The van der Waals surface area contributed by atoms with Gasteiger partial charge in [0.05, 0.1) is 25.3 Å². The van der Waals surface area contributed by atoms with E-state index in [1.54, 1.807) is 0 Å². The van der Waals surface area contributed by atoms with Crippen LogP contribution in [0.25, 0.3) is 0 Å². The first-order chi connectivity index (χ1) is 8.25. The number of benzene rings is 1. The van der Waals surface area contributed by atoms with E-state index >= 15 is 0 Å². The topological polar surface area (TPSA) is 29.5 Å². The first-order valence-corrected chi connectivity index (χ1v) is 6.23. The zero-order valence-corrected chi connectivity index (χ0v) is 10.1. The van der Waals surface area contributed by atoms with E-state index in [9.17, 15) is 4.79 Å². The van der Waals surface area contributed by atoms with Crippen LogP contribution in [0.1, 0.15) is 28.8 Å². The standard InChI is InChI=1S/C14H17NO2/c1-10-2-4-11(5-3-10)14(16)15-12-6-7-13(15)9-17-8-12/h2-5,12-13H,6-9H2,1H3. The third-order valence-electron chi connectivity index (χ3n) is 3.77. The molecule has 1 aromatic carbocycles.